The molecule has 0 aromatic carbocycles. The van der Waals surface area contributed by atoms with Crippen molar-refractivity contribution in [2.24, 2.45) is 0 Å². The van der Waals surface area contributed by atoms with Gasteiger partial charge in [-0.1, -0.05) is 46.0 Å². The zero-order valence-electron chi connectivity index (χ0n) is 11.9. The van der Waals surface area contributed by atoms with E-state index in [1.54, 1.807) is 0 Å². The molecule has 1 atom stereocenters. The Morgan fingerprint density at radius 1 is 1.06 bits per heavy atom. The average Bonchev–Trinajstić information content (AvgIpc) is 2.28. The topological polar surface area (TPSA) is 15.3 Å². The molecular formula is C14H32N2. The summed E-state index contributed by atoms with van der Waals surface area (Å²) in [5.41, 5.74) is 0. The molecule has 0 aromatic rings. The van der Waals surface area contributed by atoms with Crippen LogP contribution in [0.2, 0.25) is 0 Å². The number of nitrogens with one attached hydrogen (secondary N) is 1. The van der Waals surface area contributed by atoms with E-state index in [4.69, 9.17) is 0 Å². The molecule has 0 radical (unpaired) electrons. The molecule has 0 saturated carbocycles. The first-order valence-corrected chi connectivity index (χ1v) is 7.12. The van der Waals surface area contributed by atoms with Crippen LogP contribution in [0.4, 0.5) is 0 Å². The summed E-state index contributed by atoms with van der Waals surface area (Å²) in [6.45, 7) is 10.2. The van der Waals surface area contributed by atoms with Crippen molar-refractivity contribution in [3.8, 4) is 0 Å². The first-order chi connectivity index (χ1) is 7.70. The number of nitrogens with zero attached hydrogens (tertiary/aromatic N) is 1. The van der Waals surface area contributed by atoms with Crippen molar-refractivity contribution < 1.29 is 0 Å². The van der Waals surface area contributed by atoms with E-state index in [2.05, 4.69) is 38.0 Å². The molecule has 0 spiro atoms. The molecule has 0 aliphatic heterocycles. The summed E-state index contributed by atoms with van der Waals surface area (Å²) in [6.07, 6.45) is 8.30. The standard InChI is InChI=1S/C14H32N2/c1-5-7-8-9-10-11-14(3)15-12-13-16(4)6-2/h14-15H,5-13H2,1-4H3. The van der Waals surface area contributed by atoms with E-state index < -0.39 is 0 Å². The van der Waals surface area contributed by atoms with E-state index in [0.717, 1.165) is 19.6 Å². The van der Waals surface area contributed by atoms with Crippen LogP contribution in [0, 0.1) is 0 Å². The Kier molecular flexibility index (Phi) is 11.3. The van der Waals surface area contributed by atoms with Crippen LogP contribution in [0.5, 0.6) is 0 Å². The Balaban J connectivity index is 3.21. The van der Waals surface area contributed by atoms with Gasteiger partial charge in [0.25, 0.3) is 0 Å². The lowest BCUT2D eigenvalue weighted by molar-refractivity contribution is 0.337. The van der Waals surface area contributed by atoms with Gasteiger partial charge in [0.15, 0.2) is 0 Å². The molecule has 0 aliphatic carbocycles. The Morgan fingerprint density at radius 3 is 2.38 bits per heavy atom. The van der Waals surface area contributed by atoms with Crippen molar-refractivity contribution in [1.82, 2.24) is 10.2 Å². The predicted molar refractivity (Wildman–Crippen MR) is 74.0 cm³/mol. The molecular weight excluding hydrogens is 196 g/mol. The maximum atomic E-state index is 3.60. The minimum atomic E-state index is 0.687. The zero-order valence-corrected chi connectivity index (χ0v) is 11.9. The van der Waals surface area contributed by atoms with E-state index in [0.29, 0.717) is 6.04 Å². The molecule has 0 saturated heterocycles. The van der Waals surface area contributed by atoms with Crippen molar-refractivity contribution in [1.29, 1.82) is 0 Å². The first kappa shape index (κ1) is 15.9. The molecule has 0 heterocycles. The minimum Gasteiger partial charge on any atom is -0.313 e. The summed E-state index contributed by atoms with van der Waals surface area (Å²) in [7, 11) is 2.18. The second-order valence-corrected chi connectivity index (χ2v) is 4.95. The molecule has 2 nitrogen and oxygen atoms in total. The molecule has 2 heteroatoms. The number of unbranched alkanes of at least 4 members (excludes halogenated alkanes) is 4. The van der Waals surface area contributed by atoms with Gasteiger partial charge in [-0.15, -0.1) is 0 Å². The highest BCUT2D eigenvalue weighted by Crippen LogP contribution is 2.06. The summed E-state index contributed by atoms with van der Waals surface area (Å²) < 4.78 is 0. The Bertz CT molecular complexity index is 137. The summed E-state index contributed by atoms with van der Waals surface area (Å²) in [4.78, 5) is 2.35. The van der Waals surface area contributed by atoms with Gasteiger partial charge in [-0.05, 0) is 26.9 Å². The lowest BCUT2D eigenvalue weighted by atomic mass is 10.1. The lowest BCUT2D eigenvalue weighted by Crippen LogP contribution is -2.34. The zero-order chi connectivity index (χ0) is 12.2. The SMILES string of the molecule is CCCCCCCC(C)NCCN(C)CC. The largest absolute Gasteiger partial charge is 0.313 e. The Labute approximate surface area is 103 Å². The van der Waals surface area contributed by atoms with Crippen LogP contribution >= 0.6 is 0 Å². The van der Waals surface area contributed by atoms with Gasteiger partial charge in [-0.25, -0.2) is 0 Å². The van der Waals surface area contributed by atoms with Crippen molar-refractivity contribution >= 4 is 0 Å². The van der Waals surface area contributed by atoms with E-state index in [1.807, 2.05) is 0 Å². The predicted octanol–water partition coefficient (Wildman–Crippen LogP) is 3.28. The van der Waals surface area contributed by atoms with E-state index >= 15 is 0 Å². The van der Waals surface area contributed by atoms with Gasteiger partial charge < -0.3 is 10.2 Å². The summed E-state index contributed by atoms with van der Waals surface area (Å²) >= 11 is 0. The molecule has 0 rings (SSSR count). The van der Waals surface area contributed by atoms with Crippen LogP contribution in [0.15, 0.2) is 0 Å². The highest BCUT2D eigenvalue weighted by molar-refractivity contribution is 4.62. The average molecular weight is 228 g/mol. The van der Waals surface area contributed by atoms with Crippen LogP contribution in [0.1, 0.15) is 59.3 Å². The van der Waals surface area contributed by atoms with Crippen molar-refractivity contribution in [3.05, 3.63) is 0 Å². The van der Waals surface area contributed by atoms with E-state index in [1.165, 1.54) is 38.5 Å². The van der Waals surface area contributed by atoms with Crippen LogP contribution in [0.25, 0.3) is 0 Å². The molecule has 0 aromatic heterocycles. The maximum absolute atomic E-state index is 3.60. The molecule has 1 unspecified atom stereocenters. The normalized spacial score (nSPS) is 13.3. The highest BCUT2D eigenvalue weighted by atomic mass is 15.1. The molecule has 0 bridgehead atoms. The van der Waals surface area contributed by atoms with Crippen LogP contribution in [-0.2, 0) is 0 Å². The monoisotopic (exact) mass is 228 g/mol. The van der Waals surface area contributed by atoms with E-state index in [9.17, 15) is 0 Å². The molecule has 0 aliphatic rings. The molecule has 98 valence electrons. The van der Waals surface area contributed by atoms with Gasteiger partial charge in [0, 0.05) is 19.1 Å². The second-order valence-electron chi connectivity index (χ2n) is 4.95. The summed E-state index contributed by atoms with van der Waals surface area (Å²) in [6, 6.07) is 0.687. The molecule has 0 fully saturated rings. The smallest absolute Gasteiger partial charge is 0.0104 e. The fourth-order valence-electron chi connectivity index (χ4n) is 1.82. The van der Waals surface area contributed by atoms with Crippen LogP contribution < -0.4 is 5.32 Å². The fourth-order valence-corrected chi connectivity index (χ4v) is 1.82. The third kappa shape index (κ3) is 10.4. The summed E-state index contributed by atoms with van der Waals surface area (Å²) in [5, 5.41) is 3.60. The maximum Gasteiger partial charge on any atom is 0.0104 e. The molecule has 1 N–H and O–H groups in total. The number of hydrogen-bond donors (Lipinski definition) is 1. The van der Waals surface area contributed by atoms with Gasteiger partial charge in [-0.2, -0.15) is 0 Å². The fraction of sp³-hybridized carbons (Fsp3) is 1.00. The molecule has 0 amide bonds. The highest BCUT2D eigenvalue weighted by Gasteiger charge is 2.01. The Morgan fingerprint density at radius 2 is 1.75 bits per heavy atom. The third-order valence-corrected chi connectivity index (χ3v) is 3.27. The van der Waals surface area contributed by atoms with Crippen LogP contribution in [0.3, 0.4) is 0 Å². The number of rotatable bonds is 11. The van der Waals surface area contributed by atoms with Gasteiger partial charge in [0.2, 0.25) is 0 Å². The third-order valence-electron chi connectivity index (χ3n) is 3.27. The van der Waals surface area contributed by atoms with Gasteiger partial charge in [0.05, 0.1) is 0 Å². The Hall–Kier alpha value is -0.0800. The van der Waals surface area contributed by atoms with Gasteiger partial charge >= 0.3 is 0 Å². The number of likely N-dealkylation sites (N-methyl/N-ethyl adjacent to an activating group) is 1. The second kappa shape index (κ2) is 11.4. The van der Waals surface area contributed by atoms with Gasteiger partial charge in [-0.3, -0.25) is 0 Å². The van der Waals surface area contributed by atoms with Crippen molar-refractivity contribution in [2.75, 3.05) is 26.7 Å². The minimum absolute atomic E-state index is 0.687. The van der Waals surface area contributed by atoms with Crippen LogP contribution in [-0.4, -0.2) is 37.6 Å². The van der Waals surface area contributed by atoms with Crippen molar-refractivity contribution in [2.45, 2.75) is 65.3 Å². The van der Waals surface area contributed by atoms with Crippen molar-refractivity contribution in [3.63, 3.8) is 0 Å². The molecule has 16 heavy (non-hydrogen) atoms. The van der Waals surface area contributed by atoms with E-state index in [-0.39, 0.29) is 0 Å². The quantitative estimate of drug-likeness (QED) is 0.546. The summed E-state index contributed by atoms with van der Waals surface area (Å²) in [5.74, 6) is 0. The number of hydrogen-bond acceptors (Lipinski definition) is 2. The lowest BCUT2D eigenvalue weighted by Gasteiger charge is -2.17. The van der Waals surface area contributed by atoms with Gasteiger partial charge in [0.1, 0.15) is 0 Å². The first-order valence-electron chi connectivity index (χ1n) is 7.12.